The molecule has 114 valence electrons. The van der Waals surface area contributed by atoms with Gasteiger partial charge in [0, 0.05) is 11.9 Å². The Morgan fingerprint density at radius 3 is 2.57 bits per heavy atom. The smallest absolute Gasteiger partial charge is 0.340 e. The fourth-order valence-electron chi connectivity index (χ4n) is 1.47. The topological polar surface area (TPSA) is 84.5 Å². The van der Waals surface area contributed by atoms with Gasteiger partial charge in [0.25, 0.3) is 5.91 Å². The lowest BCUT2D eigenvalue weighted by atomic mass is 10.2. The third kappa shape index (κ3) is 5.11. The number of amides is 3. The number of imide groups is 1. The van der Waals surface area contributed by atoms with Gasteiger partial charge in [0.15, 0.2) is 6.10 Å². The first-order valence-electron chi connectivity index (χ1n) is 6.45. The molecule has 0 saturated heterocycles. The summed E-state index contributed by atoms with van der Waals surface area (Å²) >= 11 is 1.51. The molecule has 0 spiro atoms. The van der Waals surface area contributed by atoms with E-state index in [0.717, 1.165) is 10.6 Å². The SMILES string of the molecule is CCSc1ccccc1C(=O)O[C@@H](C)C(=O)NC(=O)NC. The first-order chi connectivity index (χ1) is 9.99. The number of thioether (sulfide) groups is 1. The average molecular weight is 310 g/mol. The van der Waals surface area contributed by atoms with Gasteiger partial charge >= 0.3 is 12.0 Å². The molecule has 3 amide bonds. The molecular formula is C14H18N2O4S. The Balaban J connectivity index is 2.72. The van der Waals surface area contributed by atoms with Crippen molar-refractivity contribution in [2.75, 3.05) is 12.8 Å². The Kier molecular flexibility index (Phi) is 6.74. The molecule has 1 atom stereocenters. The van der Waals surface area contributed by atoms with Crippen LogP contribution in [-0.4, -0.2) is 36.8 Å². The van der Waals surface area contributed by atoms with E-state index in [0.29, 0.717) is 5.56 Å². The first-order valence-corrected chi connectivity index (χ1v) is 7.43. The highest BCUT2D eigenvalue weighted by Crippen LogP contribution is 2.23. The lowest BCUT2D eigenvalue weighted by molar-refractivity contribution is -0.127. The third-order valence-corrected chi connectivity index (χ3v) is 3.48. The van der Waals surface area contributed by atoms with Crippen LogP contribution < -0.4 is 10.6 Å². The minimum Gasteiger partial charge on any atom is -0.449 e. The normalized spacial score (nSPS) is 11.4. The van der Waals surface area contributed by atoms with Crippen LogP contribution >= 0.6 is 11.8 Å². The highest BCUT2D eigenvalue weighted by molar-refractivity contribution is 7.99. The number of hydrogen-bond acceptors (Lipinski definition) is 5. The first kappa shape index (κ1) is 17.0. The van der Waals surface area contributed by atoms with E-state index in [-0.39, 0.29) is 0 Å². The molecule has 0 aliphatic carbocycles. The Hall–Kier alpha value is -2.02. The molecule has 2 N–H and O–H groups in total. The monoisotopic (exact) mass is 310 g/mol. The summed E-state index contributed by atoms with van der Waals surface area (Å²) in [6.07, 6.45) is -1.06. The molecule has 0 aromatic heterocycles. The number of carbonyl (C=O) groups excluding carboxylic acids is 3. The maximum Gasteiger partial charge on any atom is 0.340 e. The van der Waals surface area contributed by atoms with Gasteiger partial charge < -0.3 is 10.1 Å². The van der Waals surface area contributed by atoms with Crippen LogP contribution in [0.15, 0.2) is 29.2 Å². The highest BCUT2D eigenvalue weighted by atomic mass is 32.2. The molecule has 0 aliphatic rings. The van der Waals surface area contributed by atoms with Crippen molar-refractivity contribution in [3.63, 3.8) is 0 Å². The number of esters is 1. The van der Waals surface area contributed by atoms with Crippen LogP contribution in [-0.2, 0) is 9.53 Å². The van der Waals surface area contributed by atoms with Crippen molar-refractivity contribution in [2.45, 2.75) is 24.8 Å². The van der Waals surface area contributed by atoms with Crippen LogP contribution in [0.3, 0.4) is 0 Å². The van der Waals surface area contributed by atoms with E-state index in [4.69, 9.17) is 4.74 Å². The standard InChI is InChI=1S/C14H18N2O4S/c1-4-21-11-8-6-5-7-10(11)13(18)20-9(2)12(17)16-14(19)15-3/h5-9H,4H2,1-3H3,(H2,15,16,17,19)/t9-/m0/s1. The van der Waals surface area contributed by atoms with E-state index in [1.165, 1.54) is 25.7 Å². The molecular weight excluding hydrogens is 292 g/mol. The van der Waals surface area contributed by atoms with Crippen molar-refractivity contribution in [3.8, 4) is 0 Å². The van der Waals surface area contributed by atoms with Crippen LogP contribution in [0.25, 0.3) is 0 Å². The zero-order chi connectivity index (χ0) is 15.8. The molecule has 0 bridgehead atoms. The van der Waals surface area contributed by atoms with Crippen molar-refractivity contribution in [1.82, 2.24) is 10.6 Å². The summed E-state index contributed by atoms with van der Waals surface area (Å²) < 4.78 is 5.09. The summed E-state index contributed by atoms with van der Waals surface area (Å²) in [6, 6.07) is 6.37. The van der Waals surface area contributed by atoms with Gasteiger partial charge in [-0.2, -0.15) is 0 Å². The predicted molar refractivity (Wildman–Crippen MR) is 80.3 cm³/mol. The van der Waals surface area contributed by atoms with Gasteiger partial charge in [0.2, 0.25) is 0 Å². The molecule has 21 heavy (non-hydrogen) atoms. The van der Waals surface area contributed by atoms with Gasteiger partial charge in [-0.15, -0.1) is 11.8 Å². The predicted octanol–water partition coefficient (Wildman–Crippen LogP) is 1.80. The molecule has 1 rings (SSSR count). The van der Waals surface area contributed by atoms with Gasteiger partial charge in [-0.05, 0) is 24.8 Å². The van der Waals surface area contributed by atoms with E-state index >= 15 is 0 Å². The minimum absolute atomic E-state index is 0.406. The molecule has 0 heterocycles. The number of urea groups is 1. The van der Waals surface area contributed by atoms with Crippen molar-refractivity contribution < 1.29 is 19.1 Å². The minimum atomic E-state index is -1.06. The summed E-state index contributed by atoms with van der Waals surface area (Å²) in [7, 11) is 1.39. The number of carbonyl (C=O) groups is 3. The van der Waals surface area contributed by atoms with Crippen LogP contribution in [0.1, 0.15) is 24.2 Å². The average Bonchev–Trinajstić information content (AvgIpc) is 2.47. The molecule has 6 nitrogen and oxygen atoms in total. The Morgan fingerprint density at radius 2 is 1.95 bits per heavy atom. The van der Waals surface area contributed by atoms with Gasteiger partial charge in [0.05, 0.1) is 5.56 Å². The fraction of sp³-hybridized carbons (Fsp3) is 0.357. The quantitative estimate of drug-likeness (QED) is 0.640. The van der Waals surface area contributed by atoms with E-state index in [2.05, 4.69) is 10.6 Å². The van der Waals surface area contributed by atoms with Gasteiger partial charge in [0.1, 0.15) is 0 Å². The zero-order valence-corrected chi connectivity index (χ0v) is 13.0. The molecule has 0 aliphatic heterocycles. The van der Waals surface area contributed by atoms with Crippen LogP contribution in [0.2, 0.25) is 0 Å². The Morgan fingerprint density at radius 1 is 1.29 bits per heavy atom. The Labute approximate surface area is 127 Å². The lowest BCUT2D eigenvalue weighted by Crippen LogP contribution is -2.43. The molecule has 0 saturated carbocycles. The molecule has 1 aromatic rings. The summed E-state index contributed by atoms with van der Waals surface area (Å²) in [5, 5.41) is 4.30. The lowest BCUT2D eigenvalue weighted by Gasteiger charge is -2.14. The van der Waals surface area contributed by atoms with E-state index < -0.39 is 24.0 Å². The van der Waals surface area contributed by atoms with Crippen LogP contribution in [0.5, 0.6) is 0 Å². The van der Waals surface area contributed by atoms with Crippen molar-refractivity contribution in [1.29, 1.82) is 0 Å². The number of hydrogen-bond donors (Lipinski definition) is 2. The van der Waals surface area contributed by atoms with E-state index in [9.17, 15) is 14.4 Å². The van der Waals surface area contributed by atoms with Crippen molar-refractivity contribution >= 4 is 29.7 Å². The largest absolute Gasteiger partial charge is 0.449 e. The zero-order valence-electron chi connectivity index (χ0n) is 12.1. The maximum atomic E-state index is 12.1. The third-order valence-electron chi connectivity index (χ3n) is 2.52. The van der Waals surface area contributed by atoms with Crippen molar-refractivity contribution in [3.05, 3.63) is 29.8 Å². The van der Waals surface area contributed by atoms with Gasteiger partial charge in [-0.3, -0.25) is 10.1 Å². The van der Waals surface area contributed by atoms with Gasteiger partial charge in [-0.1, -0.05) is 19.1 Å². The van der Waals surface area contributed by atoms with Gasteiger partial charge in [-0.25, -0.2) is 9.59 Å². The maximum absolute atomic E-state index is 12.1. The fourth-order valence-corrected chi connectivity index (χ4v) is 2.26. The molecule has 1 aromatic carbocycles. The highest BCUT2D eigenvalue weighted by Gasteiger charge is 2.21. The van der Waals surface area contributed by atoms with E-state index in [1.807, 2.05) is 19.1 Å². The number of ether oxygens (including phenoxy) is 1. The summed E-state index contributed by atoms with van der Waals surface area (Å²) in [4.78, 5) is 35.6. The Bertz CT molecular complexity index is 533. The number of benzene rings is 1. The number of rotatable bonds is 5. The summed E-state index contributed by atoms with van der Waals surface area (Å²) in [5.74, 6) is -0.453. The molecule has 0 unspecified atom stereocenters. The summed E-state index contributed by atoms with van der Waals surface area (Å²) in [5.41, 5.74) is 0.406. The molecule has 0 fully saturated rings. The van der Waals surface area contributed by atoms with Crippen molar-refractivity contribution in [2.24, 2.45) is 0 Å². The van der Waals surface area contributed by atoms with Crippen LogP contribution in [0, 0.1) is 0 Å². The summed E-state index contributed by atoms with van der Waals surface area (Å²) in [6.45, 7) is 3.39. The molecule has 7 heteroatoms. The second-order valence-electron chi connectivity index (χ2n) is 4.05. The second kappa shape index (κ2) is 8.31. The van der Waals surface area contributed by atoms with Crippen LogP contribution in [0.4, 0.5) is 4.79 Å². The molecule has 0 radical (unpaired) electrons. The number of nitrogens with one attached hydrogen (secondary N) is 2. The van der Waals surface area contributed by atoms with E-state index in [1.54, 1.807) is 12.1 Å². The second-order valence-corrected chi connectivity index (χ2v) is 5.35.